The van der Waals surface area contributed by atoms with Gasteiger partial charge in [0, 0.05) is 6.42 Å². The number of rotatable bonds is 13. The van der Waals surface area contributed by atoms with Crippen LogP contribution in [0.2, 0.25) is 0 Å². The molecule has 3 atom stereocenters. The highest BCUT2D eigenvalue weighted by Crippen LogP contribution is 2.34. The molecule has 2 N–H and O–H groups in total. The highest BCUT2D eigenvalue weighted by molar-refractivity contribution is 5.81. The fourth-order valence-corrected chi connectivity index (χ4v) is 2.70. The molecule has 0 unspecified atom stereocenters. The van der Waals surface area contributed by atoms with Crippen LogP contribution < -0.4 is 15.2 Å². The molecule has 208 valence electrons. The van der Waals surface area contributed by atoms with Crippen LogP contribution in [0.25, 0.3) is 0 Å². The smallest absolute Gasteiger partial charge is 0.323 e. The molecule has 1 aromatic rings. The summed E-state index contributed by atoms with van der Waals surface area (Å²) in [6, 6.07) is 3.67. The van der Waals surface area contributed by atoms with E-state index in [1.807, 2.05) is 13.8 Å². The van der Waals surface area contributed by atoms with Gasteiger partial charge in [0.1, 0.15) is 18.2 Å². The lowest BCUT2D eigenvalue weighted by Gasteiger charge is -2.24. The van der Waals surface area contributed by atoms with Gasteiger partial charge < -0.3 is 24.7 Å². The second kappa shape index (κ2) is 13.6. The molecule has 0 aliphatic heterocycles. The van der Waals surface area contributed by atoms with Crippen LogP contribution in [-0.4, -0.2) is 42.1 Å². The number of ether oxygens (including phenoxy) is 4. The van der Waals surface area contributed by atoms with Crippen molar-refractivity contribution in [1.82, 2.24) is 0 Å². The number of carbonyl (C=O) groups excluding carboxylic acids is 4. The van der Waals surface area contributed by atoms with E-state index in [1.54, 1.807) is 54.5 Å². The molecule has 0 saturated heterocycles. The van der Waals surface area contributed by atoms with Gasteiger partial charge in [-0.1, -0.05) is 26.8 Å². The molecule has 0 saturated carbocycles. The summed E-state index contributed by atoms with van der Waals surface area (Å²) in [5, 5.41) is 0. The molecule has 9 nitrogen and oxygen atoms in total. The van der Waals surface area contributed by atoms with Gasteiger partial charge in [-0.2, -0.15) is 0 Å². The van der Waals surface area contributed by atoms with E-state index >= 15 is 0 Å². The Morgan fingerprint density at radius 1 is 0.811 bits per heavy atom. The fourth-order valence-electron chi connectivity index (χ4n) is 2.70. The van der Waals surface area contributed by atoms with Crippen molar-refractivity contribution in [3.05, 3.63) is 23.8 Å². The maximum Gasteiger partial charge on any atom is 0.323 e. The first-order chi connectivity index (χ1) is 17.1. The summed E-state index contributed by atoms with van der Waals surface area (Å²) in [6.45, 7) is 15.7. The summed E-state index contributed by atoms with van der Waals surface area (Å²) in [7, 11) is 0. The topological polar surface area (TPSA) is 131 Å². The van der Waals surface area contributed by atoms with Crippen molar-refractivity contribution in [3.63, 3.8) is 0 Å². The minimum absolute atomic E-state index is 0.0679. The molecule has 0 radical (unpaired) electrons. The van der Waals surface area contributed by atoms with Gasteiger partial charge in [0.05, 0.1) is 10.8 Å². The van der Waals surface area contributed by atoms with Crippen molar-refractivity contribution in [2.75, 3.05) is 0 Å². The summed E-state index contributed by atoms with van der Waals surface area (Å²) in [5.41, 5.74) is 5.18. The normalized spacial score (nSPS) is 14.2. The van der Waals surface area contributed by atoms with Crippen molar-refractivity contribution >= 4 is 23.9 Å². The van der Waals surface area contributed by atoms with Gasteiger partial charge in [-0.3, -0.25) is 19.2 Å². The summed E-state index contributed by atoms with van der Waals surface area (Å²) in [4.78, 5) is 49.5. The van der Waals surface area contributed by atoms with Gasteiger partial charge in [0.2, 0.25) is 0 Å². The third kappa shape index (κ3) is 9.46. The van der Waals surface area contributed by atoms with Crippen molar-refractivity contribution < 1.29 is 38.1 Å². The van der Waals surface area contributed by atoms with Gasteiger partial charge in [0.15, 0.2) is 11.5 Å². The van der Waals surface area contributed by atoms with E-state index in [4.69, 9.17) is 24.7 Å². The van der Waals surface area contributed by atoms with E-state index in [0.717, 1.165) is 0 Å². The van der Waals surface area contributed by atoms with E-state index in [1.165, 1.54) is 12.1 Å². The van der Waals surface area contributed by atoms with Crippen LogP contribution in [0.5, 0.6) is 11.5 Å². The highest BCUT2D eigenvalue weighted by atomic mass is 16.6. The fraction of sp³-hybridized carbons (Fsp3) is 0.643. The predicted octanol–water partition coefficient (Wildman–Crippen LogP) is 4.51. The Morgan fingerprint density at radius 2 is 1.30 bits per heavy atom. The van der Waals surface area contributed by atoms with E-state index in [0.29, 0.717) is 18.4 Å². The van der Waals surface area contributed by atoms with Crippen LogP contribution in [0.4, 0.5) is 0 Å². The number of hydrogen-bond donors (Lipinski definition) is 1. The maximum atomic E-state index is 12.8. The Labute approximate surface area is 220 Å². The van der Waals surface area contributed by atoms with E-state index in [-0.39, 0.29) is 24.3 Å². The van der Waals surface area contributed by atoms with Crippen LogP contribution in [0.15, 0.2) is 18.2 Å². The Balaban J connectivity index is 3.11. The lowest BCUT2D eigenvalue weighted by atomic mass is 9.90. The van der Waals surface area contributed by atoms with Gasteiger partial charge in [-0.15, -0.1) is 0 Å². The second-order valence-corrected chi connectivity index (χ2v) is 10.5. The van der Waals surface area contributed by atoms with Gasteiger partial charge in [-0.25, -0.2) is 0 Å². The molecule has 0 heterocycles. The lowest BCUT2D eigenvalue weighted by Crippen LogP contribution is -2.39. The number of nitrogens with two attached hydrogens (primary N) is 1. The van der Waals surface area contributed by atoms with Crippen molar-refractivity contribution in [2.45, 2.75) is 106 Å². The summed E-state index contributed by atoms with van der Waals surface area (Å²) in [6.07, 6.45) is 0.0837. The molecule has 1 aromatic carbocycles. The number of hydrogen-bond acceptors (Lipinski definition) is 9. The number of benzene rings is 1. The average molecular weight is 522 g/mol. The highest BCUT2D eigenvalue weighted by Gasteiger charge is 2.32. The molecule has 0 aromatic heterocycles. The number of esters is 4. The average Bonchev–Trinajstić information content (AvgIpc) is 2.84. The van der Waals surface area contributed by atoms with E-state index < -0.39 is 53.0 Å². The zero-order valence-corrected chi connectivity index (χ0v) is 23.6. The molecule has 1 rings (SSSR count). The first-order valence-electron chi connectivity index (χ1n) is 12.8. The van der Waals surface area contributed by atoms with E-state index in [9.17, 15) is 19.2 Å². The van der Waals surface area contributed by atoms with Crippen molar-refractivity contribution in [2.24, 2.45) is 16.6 Å². The Bertz CT molecular complexity index is 969. The molecule has 0 amide bonds. The summed E-state index contributed by atoms with van der Waals surface area (Å²) < 4.78 is 21.8. The molecule has 0 aliphatic carbocycles. The predicted molar refractivity (Wildman–Crippen MR) is 139 cm³/mol. The Kier molecular flexibility index (Phi) is 11.8. The van der Waals surface area contributed by atoms with Crippen molar-refractivity contribution in [1.29, 1.82) is 0 Å². The quantitative estimate of drug-likeness (QED) is 0.294. The SMILES string of the molecule is CCC(=O)O[C@@H](C)[C@H](C)OC(=O)[C@@H](N)Cc1ccc(OC(=O)C(C)(C)CC)c(OC(=O)C(C)(C)CC)c1. The van der Waals surface area contributed by atoms with Crippen LogP contribution in [-0.2, 0) is 35.1 Å². The molecule has 0 aliphatic rings. The maximum absolute atomic E-state index is 12.8. The number of carbonyl (C=O) groups is 4. The van der Waals surface area contributed by atoms with Gasteiger partial charge in [0.25, 0.3) is 0 Å². The Hall–Kier alpha value is -2.94. The van der Waals surface area contributed by atoms with Gasteiger partial charge >= 0.3 is 23.9 Å². The third-order valence-electron chi connectivity index (χ3n) is 6.61. The van der Waals surface area contributed by atoms with Crippen LogP contribution in [0, 0.1) is 10.8 Å². The monoisotopic (exact) mass is 521 g/mol. The minimum atomic E-state index is -1.03. The first-order valence-corrected chi connectivity index (χ1v) is 12.8. The standard InChI is InChI=1S/C28H43NO8/c1-10-23(30)34-17(4)18(5)35-24(31)20(29)15-19-13-14-21(36-25(32)27(6,7)11-2)22(16-19)37-26(33)28(8,9)12-3/h13-14,16-18,20H,10-12,15,29H2,1-9H3/t17-,18-,20-/m0/s1. The zero-order valence-electron chi connectivity index (χ0n) is 23.6. The van der Waals surface area contributed by atoms with Crippen molar-refractivity contribution in [3.8, 4) is 11.5 Å². The largest absolute Gasteiger partial charge is 0.459 e. The van der Waals surface area contributed by atoms with Crippen LogP contribution >= 0.6 is 0 Å². The lowest BCUT2D eigenvalue weighted by molar-refractivity contribution is -0.166. The third-order valence-corrected chi connectivity index (χ3v) is 6.61. The molecule has 0 fully saturated rings. The Morgan fingerprint density at radius 3 is 1.78 bits per heavy atom. The molecule has 9 heteroatoms. The molecular weight excluding hydrogens is 478 g/mol. The molecular formula is C28H43NO8. The summed E-state index contributed by atoms with van der Waals surface area (Å²) in [5.74, 6) is -1.83. The van der Waals surface area contributed by atoms with Crippen LogP contribution in [0.1, 0.15) is 87.1 Å². The van der Waals surface area contributed by atoms with Gasteiger partial charge in [-0.05, 0) is 78.5 Å². The summed E-state index contributed by atoms with van der Waals surface area (Å²) >= 11 is 0. The molecule has 37 heavy (non-hydrogen) atoms. The minimum Gasteiger partial charge on any atom is -0.459 e. The molecule has 0 spiro atoms. The molecule has 0 bridgehead atoms. The second-order valence-electron chi connectivity index (χ2n) is 10.5. The van der Waals surface area contributed by atoms with Crippen LogP contribution in [0.3, 0.4) is 0 Å². The first kappa shape index (κ1) is 32.1. The zero-order chi connectivity index (χ0) is 28.6. The van der Waals surface area contributed by atoms with E-state index in [2.05, 4.69) is 0 Å².